The molecule has 7 nitrogen and oxygen atoms in total. The summed E-state index contributed by atoms with van der Waals surface area (Å²) in [5.41, 5.74) is 3.06. The SMILES string of the molecule is Cc1cc(-c2cnc(N(C)C)nc2[C@H]2CCCN2C(=O)Cc2ccc(F)cc2)on1. The Balaban J connectivity index is 1.67. The highest BCUT2D eigenvalue weighted by Gasteiger charge is 2.34. The average Bonchev–Trinajstić information content (AvgIpc) is 3.38. The number of rotatable bonds is 5. The van der Waals surface area contributed by atoms with Crippen LogP contribution >= 0.6 is 0 Å². The molecule has 0 unspecified atom stereocenters. The second kappa shape index (κ2) is 8.22. The van der Waals surface area contributed by atoms with Crippen molar-refractivity contribution in [1.29, 1.82) is 0 Å². The average molecular weight is 409 g/mol. The number of nitrogens with zero attached hydrogens (tertiary/aromatic N) is 5. The van der Waals surface area contributed by atoms with E-state index in [0.29, 0.717) is 18.3 Å². The van der Waals surface area contributed by atoms with E-state index < -0.39 is 0 Å². The van der Waals surface area contributed by atoms with Gasteiger partial charge < -0.3 is 14.3 Å². The second-order valence-electron chi connectivity index (χ2n) is 7.74. The van der Waals surface area contributed by atoms with Gasteiger partial charge in [0.05, 0.1) is 29.4 Å². The molecule has 0 aliphatic carbocycles. The van der Waals surface area contributed by atoms with E-state index in [0.717, 1.165) is 35.4 Å². The number of aromatic nitrogens is 3. The van der Waals surface area contributed by atoms with E-state index in [2.05, 4.69) is 10.1 Å². The van der Waals surface area contributed by atoms with Crippen LogP contribution in [0.5, 0.6) is 0 Å². The number of carbonyl (C=O) groups is 1. The van der Waals surface area contributed by atoms with E-state index in [4.69, 9.17) is 9.51 Å². The molecule has 1 aliphatic rings. The zero-order valence-corrected chi connectivity index (χ0v) is 17.3. The third-order valence-corrected chi connectivity index (χ3v) is 5.26. The first kappa shape index (κ1) is 20.0. The van der Waals surface area contributed by atoms with Crippen LogP contribution in [0.1, 0.15) is 35.8 Å². The van der Waals surface area contributed by atoms with Gasteiger partial charge in [-0.3, -0.25) is 4.79 Å². The zero-order valence-electron chi connectivity index (χ0n) is 17.3. The number of hydrogen-bond acceptors (Lipinski definition) is 6. The predicted octanol–water partition coefficient (Wildman–Crippen LogP) is 3.55. The van der Waals surface area contributed by atoms with Crippen LogP contribution in [0.15, 0.2) is 41.1 Å². The Bertz CT molecular complexity index is 1050. The molecule has 1 aromatic carbocycles. The smallest absolute Gasteiger partial charge is 0.227 e. The summed E-state index contributed by atoms with van der Waals surface area (Å²) in [5, 5.41) is 3.98. The first-order valence-electron chi connectivity index (χ1n) is 9.94. The minimum absolute atomic E-state index is 0.00572. The molecule has 0 radical (unpaired) electrons. The van der Waals surface area contributed by atoms with Crippen LogP contribution in [-0.4, -0.2) is 46.6 Å². The molecular weight excluding hydrogens is 385 g/mol. The lowest BCUT2D eigenvalue weighted by molar-refractivity contribution is -0.131. The van der Waals surface area contributed by atoms with Gasteiger partial charge in [-0.25, -0.2) is 14.4 Å². The second-order valence-corrected chi connectivity index (χ2v) is 7.74. The standard InChI is InChI=1S/C22H24FN5O2/c1-14-11-19(30-26-14)17-13-24-22(27(2)3)25-21(17)18-5-4-10-28(18)20(29)12-15-6-8-16(23)9-7-15/h6-9,11,13,18H,4-5,10,12H2,1-3H3/t18-/m1/s1. The monoisotopic (exact) mass is 409 g/mol. The van der Waals surface area contributed by atoms with Crippen molar-refractivity contribution < 1.29 is 13.7 Å². The van der Waals surface area contributed by atoms with Gasteiger partial charge in [0.2, 0.25) is 11.9 Å². The van der Waals surface area contributed by atoms with Crippen LogP contribution in [-0.2, 0) is 11.2 Å². The van der Waals surface area contributed by atoms with Gasteiger partial charge in [-0.1, -0.05) is 17.3 Å². The Morgan fingerprint density at radius 3 is 2.73 bits per heavy atom. The molecule has 156 valence electrons. The van der Waals surface area contributed by atoms with Gasteiger partial charge in [0.1, 0.15) is 5.82 Å². The van der Waals surface area contributed by atoms with Crippen LogP contribution in [0, 0.1) is 12.7 Å². The van der Waals surface area contributed by atoms with Crippen LogP contribution in [0.3, 0.4) is 0 Å². The third kappa shape index (κ3) is 4.03. The van der Waals surface area contributed by atoms with Crippen molar-refractivity contribution in [3.63, 3.8) is 0 Å². The van der Waals surface area contributed by atoms with Gasteiger partial charge in [0, 0.05) is 32.9 Å². The maximum absolute atomic E-state index is 13.2. The molecular formula is C22H24FN5O2. The van der Waals surface area contributed by atoms with Crippen molar-refractivity contribution in [2.45, 2.75) is 32.2 Å². The van der Waals surface area contributed by atoms with Gasteiger partial charge in [0.15, 0.2) is 5.76 Å². The molecule has 1 aliphatic heterocycles. The van der Waals surface area contributed by atoms with Crippen molar-refractivity contribution >= 4 is 11.9 Å². The highest BCUT2D eigenvalue weighted by Crippen LogP contribution is 2.37. The topological polar surface area (TPSA) is 75.4 Å². The van der Waals surface area contributed by atoms with Crippen molar-refractivity contribution in [1.82, 2.24) is 20.0 Å². The summed E-state index contributed by atoms with van der Waals surface area (Å²) in [5.74, 6) is 0.844. The molecule has 3 aromatic rings. The summed E-state index contributed by atoms with van der Waals surface area (Å²) < 4.78 is 18.7. The first-order valence-corrected chi connectivity index (χ1v) is 9.94. The molecule has 30 heavy (non-hydrogen) atoms. The molecule has 1 fully saturated rings. The normalized spacial score (nSPS) is 16.1. The molecule has 1 saturated heterocycles. The molecule has 4 rings (SSSR count). The summed E-state index contributed by atoms with van der Waals surface area (Å²) in [6.07, 6.45) is 3.65. The lowest BCUT2D eigenvalue weighted by Crippen LogP contribution is -2.32. The fourth-order valence-corrected chi connectivity index (χ4v) is 3.76. The van der Waals surface area contributed by atoms with Crippen molar-refractivity contribution in [3.8, 4) is 11.3 Å². The quantitative estimate of drug-likeness (QED) is 0.642. The van der Waals surface area contributed by atoms with Gasteiger partial charge in [0.25, 0.3) is 0 Å². The molecule has 3 heterocycles. The number of amides is 1. The van der Waals surface area contributed by atoms with Crippen molar-refractivity contribution in [3.05, 3.63) is 59.3 Å². The first-order chi connectivity index (χ1) is 14.4. The largest absolute Gasteiger partial charge is 0.356 e. The lowest BCUT2D eigenvalue weighted by atomic mass is 10.0. The lowest BCUT2D eigenvalue weighted by Gasteiger charge is -2.26. The molecule has 0 spiro atoms. The molecule has 0 N–H and O–H groups in total. The highest BCUT2D eigenvalue weighted by molar-refractivity contribution is 5.80. The Kier molecular flexibility index (Phi) is 5.48. The highest BCUT2D eigenvalue weighted by atomic mass is 19.1. The summed E-state index contributed by atoms with van der Waals surface area (Å²) in [6.45, 7) is 2.51. The zero-order chi connectivity index (χ0) is 21.3. The van der Waals surface area contributed by atoms with E-state index in [1.807, 2.05) is 36.9 Å². The molecule has 0 bridgehead atoms. The van der Waals surface area contributed by atoms with Crippen molar-refractivity contribution in [2.75, 3.05) is 25.5 Å². The van der Waals surface area contributed by atoms with Crippen molar-refractivity contribution in [2.24, 2.45) is 0 Å². The summed E-state index contributed by atoms with van der Waals surface area (Å²) in [6, 6.07) is 7.72. The minimum Gasteiger partial charge on any atom is -0.356 e. The number of carbonyl (C=O) groups excluding carboxylic acids is 1. The number of aryl methyl sites for hydroxylation is 1. The summed E-state index contributed by atoms with van der Waals surface area (Å²) in [4.78, 5) is 26.0. The Labute approximate surface area is 174 Å². The van der Waals surface area contributed by atoms with Gasteiger partial charge in [-0.15, -0.1) is 0 Å². The van der Waals surface area contributed by atoms with Crippen LogP contribution in [0.2, 0.25) is 0 Å². The number of hydrogen-bond donors (Lipinski definition) is 0. The maximum Gasteiger partial charge on any atom is 0.227 e. The van der Waals surface area contributed by atoms with Gasteiger partial charge in [-0.2, -0.15) is 0 Å². The molecule has 0 saturated carbocycles. The Morgan fingerprint density at radius 1 is 1.30 bits per heavy atom. The number of benzene rings is 1. The van der Waals surface area contributed by atoms with Crippen LogP contribution in [0.4, 0.5) is 10.3 Å². The molecule has 1 amide bonds. The molecule has 8 heteroatoms. The number of likely N-dealkylation sites (tertiary alicyclic amines) is 1. The number of halogens is 1. The maximum atomic E-state index is 13.2. The van der Waals surface area contributed by atoms with E-state index in [9.17, 15) is 9.18 Å². The molecule has 2 aromatic heterocycles. The van der Waals surface area contributed by atoms with E-state index >= 15 is 0 Å². The Morgan fingerprint density at radius 2 is 2.07 bits per heavy atom. The van der Waals surface area contributed by atoms with Gasteiger partial charge in [-0.05, 0) is 37.5 Å². The summed E-state index contributed by atoms with van der Waals surface area (Å²) >= 11 is 0. The molecule has 1 atom stereocenters. The minimum atomic E-state index is -0.311. The van der Waals surface area contributed by atoms with Crippen LogP contribution in [0.25, 0.3) is 11.3 Å². The fraction of sp³-hybridized carbons (Fsp3) is 0.364. The fourth-order valence-electron chi connectivity index (χ4n) is 3.76. The van der Waals surface area contributed by atoms with E-state index in [1.165, 1.54) is 12.1 Å². The predicted molar refractivity (Wildman–Crippen MR) is 110 cm³/mol. The number of anilines is 1. The van der Waals surface area contributed by atoms with Crippen LogP contribution < -0.4 is 4.90 Å². The van der Waals surface area contributed by atoms with Gasteiger partial charge >= 0.3 is 0 Å². The third-order valence-electron chi connectivity index (χ3n) is 5.26. The Hall–Kier alpha value is -3.29. The summed E-state index contributed by atoms with van der Waals surface area (Å²) in [7, 11) is 3.76. The van der Waals surface area contributed by atoms with E-state index in [1.54, 1.807) is 18.3 Å². The van der Waals surface area contributed by atoms with E-state index in [-0.39, 0.29) is 24.2 Å².